The predicted octanol–water partition coefficient (Wildman–Crippen LogP) is -3.38. The summed E-state index contributed by atoms with van der Waals surface area (Å²) in [5, 5.41) is 64.0. The maximum Gasteiger partial charge on any atom is 0.323 e. The number of amides is 5. The van der Waals surface area contributed by atoms with E-state index in [0.29, 0.717) is 18.6 Å². The van der Waals surface area contributed by atoms with Gasteiger partial charge in [-0.25, -0.2) is 13.4 Å². The molecule has 2 atom stereocenters. The molecular weight excluding hydrogens is 1280 g/mol. The zero-order valence-electron chi connectivity index (χ0n) is 52.7. The summed E-state index contributed by atoms with van der Waals surface area (Å²) in [6.07, 6.45) is 2.05. The number of ether oxygens (including phenoxy) is 3. The molecule has 13 N–H and O–H groups in total. The number of carboxylic acid groups (broad SMARTS) is 3. The minimum Gasteiger partial charge on any atom is -0.494 e. The summed E-state index contributed by atoms with van der Waals surface area (Å²) in [5.74, 6) is -6.90. The number of carboxylic acids is 3. The highest BCUT2D eigenvalue weighted by atomic mass is 32.2. The summed E-state index contributed by atoms with van der Waals surface area (Å²) in [4.78, 5) is 110. The highest BCUT2D eigenvalue weighted by Crippen LogP contribution is 2.27. The van der Waals surface area contributed by atoms with E-state index in [2.05, 4.69) is 42.7 Å². The van der Waals surface area contributed by atoms with Gasteiger partial charge in [0.1, 0.15) is 36.0 Å². The van der Waals surface area contributed by atoms with Crippen molar-refractivity contribution in [3.05, 3.63) is 82.0 Å². The highest BCUT2D eigenvalue weighted by molar-refractivity contribution is 7.89. The van der Waals surface area contributed by atoms with E-state index in [-0.39, 0.29) is 158 Å². The van der Waals surface area contributed by atoms with Crippen LogP contribution in [0, 0.1) is 13.8 Å². The molecule has 1 fully saturated rings. The van der Waals surface area contributed by atoms with Crippen molar-refractivity contribution < 1.29 is 99.5 Å². The Bertz CT molecular complexity index is 3230. The lowest BCUT2D eigenvalue weighted by atomic mass is 10.0. The number of pyridine rings is 1. The summed E-state index contributed by atoms with van der Waals surface area (Å²) in [6.45, 7) is 2.70. The molecule has 33 nitrogen and oxygen atoms in total. The molecule has 94 heavy (non-hydrogen) atoms. The summed E-state index contributed by atoms with van der Waals surface area (Å²) in [7, 11) is -9.22. The summed E-state index contributed by atoms with van der Waals surface area (Å²) in [6, 6.07) is 10.4. The lowest BCUT2D eigenvalue weighted by Crippen LogP contribution is -2.54. The number of aliphatic hydroxyl groups excluding tert-OH is 1. The zero-order valence-corrected chi connectivity index (χ0v) is 54.3. The molecule has 3 aromatic rings. The maximum absolute atomic E-state index is 13.6. The van der Waals surface area contributed by atoms with Gasteiger partial charge in [0.2, 0.25) is 33.7 Å². The third-order valence-electron chi connectivity index (χ3n) is 14.8. The largest absolute Gasteiger partial charge is 0.494 e. The maximum atomic E-state index is 13.6. The number of anilines is 1. The number of rotatable bonds is 38. The molecule has 2 aliphatic heterocycles. The summed E-state index contributed by atoms with van der Waals surface area (Å²) >= 11 is 0. The van der Waals surface area contributed by atoms with Crippen molar-refractivity contribution in [1.29, 1.82) is 0 Å². The van der Waals surface area contributed by atoms with Gasteiger partial charge < -0.3 is 71.6 Å². The first kappa shape index (κ1) is 77.2. The van der Waals surface area contributed by atoms with Gasteiger partial charge in [0.05, 0.1) is 51.0 Å². The average molecular weight is 1370 g/mol. The predicted molar refractivity (Wildman–Crippen MR) is 338 cm³/mol. The number of nitrogens with one attached hydrogen (secondary N) is 7. The number of benzene rings is 2. The smallest absolute Gasteiger partial charge is 0.323 e. The first-order chi connectivity index (χ1) is 44.6. The standard InChI is InChI=1S/C59H88N12O21S2/c1-40-31-46(32-41(2)55(40)94(88,89)67-47(59(83)84)33-64-57(81)44-10-7-42(8-11-44)9-13-45-14-12-43-5-3-15-62-56(43)65-45)92-27-4-6-49(72)60-16-17-61-51(74)38-91-30-29-90-28-18-63-58(82)48(39-93(85,86)87)66-50(73)34-68-19-21-69(35-52(75)76)23-25-71(37-54(79)80)26-24-70(22-20-68)36-53(77)78/h7-8,10-12,14,31-32,47-48,52,67,75-76H,3-6,9,13,15-30,33-39H2,1-2H3,(H,60,72)(H,61,74)(H,62,65)(H,63,82)(H,64,81)(H,66,73)(H,77,78)(H,79,80)(H,83,84)(H,85,86,87)/t47?,48-/m0/s1. The van der Waals surface area contributed by atoms with Gasteiger partial charge in [-0.1, -0.05) is 18.2 Å². The average Bonchev–Trinajstić information content (AvgIpc) is 0.802. The molecule has 0 spiro atoms. The molecule has 1 saturated heterocycles. The number of carbonyl (C=O) groups is 8. The Hall–Kier alpha value is -7.55. The van der Waals surface area contributed by atoms with Gasteiger partial charge in [0.25, 0.3) is 16.0 Å². The van der Waals surface area contributed by atoms with Gasteiger partial charge >= 0.3 is 17.9 Å². The molecular formula is C59H88N12O21S2. The van der Waals surface area contributed by atoms with Gasteiger partial charge in [-0.05, 0) is 98.5 Å². The van der Waals surface area contributed by atoms with Crippen LogP contribution in [-0.2, 0) is 82.4 Å². The molecule has 1 aromatic heterocycles. The Balaban J connectivity index is 0.930. The molecule has 5 rings (SSSR count). The first-order valence-corrected chi connectivity index (χ1v) is 33.7. The van der Waals surface area contributed by atoms with Crippen molar-refractivity contribution in [1.82, 2.24) is 55.9 Å². The van der Waals surface area contributed by atoms with Gasteiger partial charge in [0.15, 0.2) is 6.29 Å². The van der Waals surface area contributed by atoms with Crippen molar-refractivity contribution in [3.63, 3.8) is 0 Å². The third kappa shape index (κ3) is 29.4. The number of hydrogen-bond donors (Lipinski definition) is 13. The van der Waals surface area contributed by atoms with Crippen LogP contribution in [0.25, 0.3) is 0 Å². The molecule has 2 aromatic carbocycles. The van der Waals surface area contributed by atoms with E-state index >= 15 is 0 Å². The first-order valence-electron chi connectivity index (χ1n) is 30.6. The molecule has 0 radical (unpaired) electrons. The molecule has 522 valence electrons. The molecule has 35 heteroatoms. The minimum absolute atomic E-state index is 0.0300. The van der Waals surface area contributed by atoms with Crippen LogP contribution >= 0.6 is 0 Å². The van der Waals surface area contributed by atoms with Crippen LogP contribution in [0.5, 0.6) is 5.75 Å². The van der Waals surface area contributed by atoms with E-state index in [9.17, 15) is 85.3 Å². The van der Waals surface area contributed by atoms with Crippen molar-refractivity contribution in [3.8, 4) is 5.75 Å². The van der Waals surface area contributed by atoms with Gasteiger partial charge in [-0.15, -0.1) is 0 Å². The number of nitrogens with zero attached hydrogens (tertiary/aromatic N) is 5. The van der Waals surface area contributed by atoms with Gasteiger partial charge in [-0.2, -0.15) is 13.1 Å². The van der Waals surface area contributed by atoms with E-state index in [4.69, 9.17) is 19.2 Å². The molecule has 1 unspecified atom stereocenters. The Labute approximate surface area is 545 Å². The fourth-order valence-electron chi connectivity index (χ4n) is 10.1. The third-order valence-corrected chi connectivity index (χ3v) is 17.3. The van der Waals surface area contributed by atoms with E-state index in [1.54, 1.807) is 43.9 Å². The second-order valence-corrected chi connectivity index (χ2v) is 25.7. The molecule has 2 aliphatic rings. The van der Waals surface area contributed by atoms with Crippen molar-refractivity contribution in [2.24, 2.45) is 0 Å². The summed E-state index contributed by atoms with van der Waals surface area (Å²) in [5.41, 5.74) is 3.91. The van der Waals surface area contributed by atoms with Crippen LogP contribution in [0.3, 0.4) is 0 Å². The fourth-order valence-corrected chi connectivity index (χ4v) is 12.4. The molecule has 3 heterocycles. The fraction of sp³-hybridized carbons (Fsp3) is 0.576. The van der Waals surface area contributed by atoms with E-state index in [1.807, 2.05) is 6.07 Å². The molecule has 0 aliphatic carbocycles. The normalized spacial score (nSPS) is 15.4. The van der Waals surface area contributed by atoms with Gasteiger partial charge in [-0.3, -0.25) is 62.5 Å². The lowest BCUT2D eigenvalue weighted by molar-refractivity contribution is -0.140. The van der Waals surface area contributed by atoms with Crippen molar-refractivity contribution >= 4 is 73.4 Å². The number of aliphatic carboxylic acids is 3. The van der Waals surface area contributed by atoms with Crippen LogP contribution in [-0.4, -0.2) is 287 Å². The van der Waals surface area contributed by atoms with E-state index in [1.165, 1.54) is 31.5 Å². The SMILES string of the molecule is Cc1cc(OCCCC(=O)NCCNC(=O)COCCOCCNC(=O)[C@H](CS(=O)(=O)O)NC(=O)CN2CCN(CC(=O)O)CCN(CC(=O)O)CCN(CC(O)O)CC2)cc(C)c1S(=O)(=O)NC(CNC(=O)c1ccc(CCc2ccc3c(n2)NCCC3)cc1)C(=O)O. The van der Waals surface area contributed by atoms with Crippen LogP contribution in [0.2, 0.25) is 0 Å². The Morgan fingerprint density at radius 1 is 0.660 bits per heavy atom. The van der Waals surface area contributed by atoms with Crippen LogP contribution < -0.4 is 41.4 Å². The second kappa shape index (κ2) is 39.3. The minimum atomic E-state index is -4.80. The number of aromatic nitrogens is 1. The number of fused-ring (bicyclic) bond motifs is 1. The number of sulfonamides is 1. The van der Waals surface area contributed by atoms with E-state index in [0.717, 1.165) is 36.5 Å². The number of β-amino-alcohol motifs (C(OH)–C–C–N with tert-alkyl or cyclic N) is 2. The Morgan fingerprint density at radius 3 is 1.85 bits per heavy atom. The lowest BCUT2D eigenvalue weighted by Gasteiger charge is -2.33. The van der Waals surface area contributed by atoms with E-state index < -0.39 is 105 Å². The number of carbonyl (C=O) groups excluding carboxylic acids is 5. The zero-order chi connectivity index (χ0) is 68.8. The van der Waals surface area contributed by atoms with Crippen molar-refractivity contribution in [2.45, 2.75) is 75.6 Å². The second-order valence-electron chi connectivity index (χ2n) is 22.5. The molecule has 0 saturated carbocycles. The number of aryl methyl sites for hydroxylation is 5. The Kier molecular flexibility index (Phi) is 32.3. The quantitative estimate of drug-likeness (QED) is 0.0151. The Morgan fingerprint density at radius 2 is 1.26 bits per heavy atom. The monoisotopic (exact) mass is 1360 g/mol. The molecule has 5 amide bonds. The van der Waals surface area contributed by atoms with Crippen molar-refractivity contribution in [2.75, 3.05) is 155 Å². The molecule has 0 bridgehead atoms. The van der Waals surface area contributed by atoms with Crippen LogP contribution in [0.15, 0.2) is 53.4 Å². The van der Waals surface area contributed by atoms with Crippen LogP contribution in [0.4, 0.5) is 5.82 Å². The van der Waals surface area contributed by atoms with Gasteiger partial charge in [0, 0.05) is 109 Å². The summed E-state index contributed by atoms with van der Waals surface area (Å²) < 4.78 is 79.2. The highest BCUT2D eigenvalue weighted by Gasteiger charge is 2.31. The number of aliphatic hydroxyl groups is 2. The number of hydrogen-bond acceptors (Lipinski definition) is 23. The van der Waals surface area contributed by atoms with Crippen LogP contribution in [0.1, 0.15) is 57.6 Å². The topological polar surface area (TPSA) is 464 Å².